The van der Waals surface area contributed by atoms with E-state index in [1.54, 1.807) is 41.2 Å². The van der Waals surface area contributed by atoms with Gasteiger partial charge in [-0.15, -0.1) is 0 Å². The van der Waals surface area contributed by atoms with Crippen LogP contribution in [0.3, 0.4) is 0 Å². The molecular formula is C28H23N5O4. The number of nitriles is 1. The lowest BCUT2D eigenvalue weighted by molar-refractivity contribution is 0.0696. The average molecular weight is 494 g/mol. The highest BCUT2D eigenvalue weighted by atomic mass is 16.5. The van der Waals surface area contributed by atoms with Crippen molar-refractivity contribution >= 4 is 17.0 Å². The molecule has 5 aromatic rings. The first kappa shape index (κ1) is 23.8. The zero-order valence-corrected chi connectivity index (χ0v) is 20.7. The number of carboxylic acid groups (broad SMARTS) is 1. The molecular weight excluding hydrogens is 470 g/mol. The van der Waals surface area contributed by atoms with E-state index in [1.165, 1.54) is 6.07 Å². The number of benzene rings is 1. The van der Waals surface area contributed by atoms with E-state index >= 15 is 0 Å². The summed E-state index contributed by atoms with van der Waals surface area (Å²) in [6, 6.07) is 12.4. The van der Waals surface area contributed by atoms with Crippen molar-refractivity contribution in [3.63, 3.8) is 0 Å². The third-order valence-electron chi connectivity index (χ3n) is 5.98. The maximum absolute atomic E-state index is 11.7. The Morgan fingerprint density at radius 1 is 1.16 bits per heavy atom. The summed E-state index contributed by atoms with van der Waals surface area (Å²) in [7, 11) is 0. The molecule has 0 unspecified atom stereocenters. The number of carbonyl (C=O) groups is 1. The van der Waals surface area contributed by atoms with Crippen molar-refractivity contribution in [3.8, 4) is 39.9 Å². The third kappa shape index (κ3) is 4.19. The van der Waals surface area contributed by atoms with E-state index in [9.17, 15) is 15.2 Å². The van der Waals surface area contributed by atoms with Gasteiger partial charge in [-0.05, 0) is 64.1 Å². The number of pyridine rings is 2. The molecule has 9 heteroatoms. The van der Waals surface area contributed by atoms with Gasteiger partial charge in [0.15, 0.2) is 5.82 Å². The SMILES string of the molecule is Cc1noc(C)c1-c1cnc2c(c1)c(-c1ccc(C(=O)O)cc1OC(C)C)cn2-c1ncccc1C#N. The largest absolute Gasteiger partial charge is 0.490 e. The molecule has 0 spiro atoms. The number of hydrogen-bond donors (Lipinski definition) is 1. The van der Waals surface area contributed by atoms with Crippen molar-refractivity contribution in [1.29, 1.82) is 5.26 Å². The van der Waals surface area contributed by atoms with Crippen LogP contribution in [0.1, 0.15) is 41.2 Å². The minimum absolute atomic E-state index is 0.120. The molecule has 0 saturated carbocycles. The Balaban J connectivity index is 1.84. The van der Waals surface area contributed by atoms with Crippen molar-refractivity contribution in [2.24, 2.45) is 0 Å². The second-order valence-corrected chi connectivity index (χ2v) is 8.88. The molecule has 0 aliphatic carbocycles. The fourth-order valence-electron chi connectivity index (χ4n) is 4.42. The fraction of sp³-hybridized carbons (Fsp3) is 0.179. The van der Waals surface area contributed by atoms with Gasteiger partial charge in [0.1, 0.15) is 23.2 Å². The van der Waals surface area contributed by atoms with Crippen LogP contribution in [0.5, 0.6) is 5.75 Å². The average Bonchev–Trinajstić information content (AvgIpc) is 3.42. The van der Waals surface area contributed by atoms with Gasteiger partial charge in [-0.2, -0.15) is 5.26 Å². The molecule has 4 heterocycles. The van der Waals surface area contributed by atoms with Crippen LogP contribution in [-0.2, 0) is 0 Å². The van der Waals surface area contributed by atoms with Crippen LogP contribution in [0.2, 0.25) is 0 Å². The van der Waals surface area contributed by atoms with E-state index in [0.717, 1.165) is 27.8 Å². The molecule has 0 fully saturated rings. The zero-order valence-electron chi connectivity index (χ0n) is 20.7. The molecule has 1 aromatic carbocycles. The number of aryl methyl sites for hydroxylation is 2. The lowest BCUT2D eigenvalue weighted by Gasteiger charge is -2.15. The first-order valence-corrected chi connectivity index (χ1v) is 11.6. The number of carboxylic acids is 1. The normalized spacial score (nSPS) is 11.1. The summed E-state index contributed by atoms with van der Waals surface area (Å²) in [5, 5.41) is 24.1. The van der Waals surface area contributed by atoms with Crippen molar-refractivity contribution in [1.82, 2.24) is 19.7 Å². The van der Waals surface area contributed by atoms with Crippen LogP contribution in [0.4, 0.5) is 0 Å². The minimum atomic E-state index is -1.04. The van der Waals surface area contributed by atoms with Crippen molar-refractivity contribution in [3.05, 3.63) is 77.6 Å². The molecule has 4 aromatic heterocycles. The summed E-state index contributed by atoms with van der Waals surface area (Å²) >= 11 is 0. The number of nitrogens with zero attached hydrogens (tertiary/aromatic N) is 5. The second-order valence-electron chi connectivity index (χ2n) is 8.88. The van der Waals surface area contributed by atoms with Crippen LogP contribution in [0.25, 0.3) is 39.1 Å². The highest BCUT2D eigenvalue weighted by molar-refractivity contribution is 6.00. The maximum Gasteiger partial charge on any atom is 0.335 e. The third-order valence-corrected chi connectivity index (χ3v) is 5.98. The van der Waals surface area contributed by atoms with Crippen LogP contribution in [-0.4, -0.2) is 36.9 Å². The summed E-state index contributed by atoms with van der Waals surface area (Å²) in [5.41, 5.74) is 4.94. The Bertz CT molecular complexity index is 1690. The second kappa shape index (κ2) is 9.24. The summed E-state index contributed by atoms with van der Waals surface area (Å²) in [4.78, 5) is 20.9. The molecule has 0 aliphatic rings. The maximum atomic E-state index is 11.7. The molecule has 0 radical (unpaired) electrons. The Hall–Kier alpha value is -4.97. The van der Waals surface area contributed by atoms with Gasteiger partial charge in [0.25, 0.3) is 0 Å². The monoisotopic (exact) mass is 493 g/mol. The Morgan fingerprint density at radius 3 is 2.65 bits per heavy atom. The molecule has 0 atom stereocenters. The van der Waals surface area contributed by atoms with Gasteiger partial charge >= 0.3 is 5.97 Å². The quantitative estimate of drug-likeness (QED) is 0.318. The van der Waals surface area contributed by atoms with Gasteiger partial charge < -0.3 is 14.4 Å². The topological polar surface area (TPSA) is 127 Å². The fourth-order valence-corrected chi connectivity index (χ4v) is 4.42. The van der Waals surface area contributed by atoms with E-state index in [1.807, 2.05) is 40.0 Å². The molecule has 37 heavy (non-hydrogen) atoms. The van der Waals surface area contributed by atoms with Gasteiger partial charge in [0, 0.05) is 46.2 Å². The minimum Gasteiger partial charge on any atom is -0.490 e. The number of aromatic carboxylic acids is 1. The van der Waals surface area contributed by atoms with E-state index in [0.29, 0.717) is 34.1 Å². The lowest BCUT2D eigenvalue weighted by Crippen LogP contribution is -2.08. The number of ether oxygens (including phenoxy) is 1. The molecule has 0 saturated heterocycles. The smallest absolute Gasteiger partial charge is 0.335 e. The van der Waals surface area contributed by atoms with E-state index in [2.05, 4.69) is 16.2 Å². The molecule has 1 N–H and O–H groups in total. The van der Waals surface area contributed by atoms with Gasteiger partial charge in [-0.25, -0.2) is 14.8 Å². The van der Waals surface area contributed by atoms with Gasteiger partial charge in [0.2, 0.25) is 0 Å². The van der Waals surface area contributed by atoms with Crippen molar-refractivity contribution in [2.45, 2.75) is 33.8 Å². The highest BCUT2D eigenvalue weighted by Gasteiger charge is 2.22. The predicted molar refractivity (Wildman–Crippen MR) is 137 cm³/mol. The Kier molecular flexibility index (Phi) is 5.93. The van der Waals surface area contributed by atoms with Crippen molar-refractivity contribution < 1.29 is 19.2 Å². The standard InChI is InChI=1S/C28H23N5O4/c1-15(2)36-24-11-18(28(34)35)7-8-21(24)23-14-33(26-19(12-29)6-5-9-30-26)27-22(23)10-20(13-31-27)25-16(3)32-37-17(25)4/h5-11,13-15H,1-4H3,(H,34,35). The number of fused-ring (bicyclic) bond motifs is 1. The van der Waals surface area contributed by atoms with Crippen LogP contribution in [0, 0.1) is 25.2 Å². The van der Waals surface area contributed by atoms with Crippen molar-refractivity contribution in [2.75, 3.05) is 0 Å². The van der Waals surface area contributed by atoms with E-state index in [4.69, 9.17) is 14.2 Å². The van der Waals surface area contributed by atoms with Crippen LogP contribution in [0.15, 0.2) is 59.5 Å². The summed E-state index contributed by atoms with van der Waals surface area (Å²) < 4.78 is 13.2. The Morgan fingerprint density at radius 2 is 1.97 bits per heavy atom. The Labute approximate surface area is 212 Å². The summed E-state index contributed by atoms with van der Waals surface area (Å²) in [6.07, 6.45) is 5.02. The first-order valence-electron chi connectivity index (χ1n) is 11.6. The molecule has 0 bridgehead atoms. The van der Waals surface area contributed by atoms with Crippen LogP contribution >= 0.6 is 0 Å². The first-order chi connectivity index (χ1) is 17.8. The molecule has 0 amide bonds. The number of aromatic nitrogens is 4. The predicted octanol–water partition coefficient (Wildman–Crippen LogP) is 5.72. The van der Waals surface area contributed by atoms with E-state index in [-0.39, 0.29) is 11.7 Å². The number of hydrogen-bond acceptors (Lipinski definition) is 7. The van der Waals surface area contributed by atoms with Gasteiger partial charge in [-0.1, -0.05) is 5.16 Å². The molecule has 9 nitrogen and oxygen atoms in total. The number of rotatable bonds is 6. The highest BCUT2D eigenvalue weighted by Crippen LogP contribution is 2.40. The van der Waals surface area contributed by atoms with E-state index < -0.39 is 5.97 Å². The van der Waals surface area contributed by atoms with Gasteiger partial charge in [-0.3, -0.25) is 4.57 Å². The summed E-state index contributed by atoms with van der Waals surface area (Å²) in [6.45, 7) is 7.47. The lowest BCUT2D eigenvalue weighted by atomic mass is 10.00. The summed E-state index contributed by atoms with van der Waals surface area (Å²) in [5.74, 6) is 0.494. The van der Waals surface area contributed by atoms with Gasteiger partial charge in [0.05, 0.1) is 22.9 Å². The zero-order chi connectivity index (χ0) is 26.3. The molecule has 5 rings (SSSR count). The van der Waals surface area contributed by atoms with Crippen LogP contribution < -0.4 is 4.74 Å². The molecule has 0 aliphatic heterocycles. The molecule has 184 valence electrons.